The summed E-state index contributed by atoms with van der Waals surface area (Å²) >= 11 is 0. The van der Waals surface area contributed by atoms with Crippen LogP contribution in [0.25, 0.3) is 0 Å². The number of aromatic carboxylic acids is 1. The molecule has 2 heterocycles. The fraction of sp³-hybridized carbons (Fsp3) is 0.316. The second kappa shape index (κ2) is 7.43. The molecule has 0 radical (unpaired) electrons. The van der Waals surface area contributed by atoms with Crippen LogP contribution >= 0.6 is 0 Å². The number of rotatable bonds is 6. The molecule has 0 aliphatic carbocycles. The standard InChI is InChI=1S/C19H20N2O5/c1-2-12-5-3-4-6-15(12)21-11-13(9-17(21)22)18(23)20-10-14-7-8-16(26-14)19(24)25/h3-8,13H,2,9-11H2,1H3,(H,20,23)(H,24,25)/t13-/m0/s1. The van der Waals surface area contributed by atoms with Crippen LogP contribution in [0.5, 0.6) is 0 Å². The van der Waals surface area contributed by atoms with Gasteiger partial charge in [0.25, 0.3) is 0 Å². The number of furan rings is 1. The van der Waals surface area contributed by atoms with Gasteiger partial charge in [0.05, 0.1) is 12.5 Å². The number of carbonyl (C=O) groups excluding carboxylic acids is 2. The van der Waals surface area contributed by atoms with E-state index in [2.05, 4.69) is 5.32 Å². The Morgan fingerprint density at radius 3 is 2.73 bits per heavy atom. The molecule has 7 nitrogen and oxygen atoms in total. The molecular weight excluding hydrogens is 336 g/mol. The maximum Gasteiger partial charge on any atom is 0.371 e. The minimum atomic E-state index is -1.16. The SMILES string of the molecule is CCc1ccccc1N1C[C@@H](C(=O)NCc2ccc(C(=O)O)o2)CC1=O. The summed E-state index contributed by atoms with van der Waals surface area (Å²) in [5, 5.41) is 11.5. The van der Waals surface area contributed by atoms with Crippen LogP contribution in [0.2, 0.25) is 0 Å². The van der Waals surface area contributed by atoms with Gasteiger partial charge in [-0.25, -0.2) is 4.79 Å². The first-order chi connectivity index (χ1) is 12.5. The van der Waals surface area contributed by atoms with E-state index in [9.17, 15) is 14.4 Å². The van der Waals surface area contributed by atoms with E-state index in [0.717, 1.165) is 17.7 Å². The van der Waals surface area contributed by atoms with Crippen molar-refractivity contribution < 1.29 is 23.9 Å². The molecule has 1 aromatic heterocycles. The van der Waals surface area contributed by atoms with Gasteiger partial charge in [0.1, 0.15) is 5.76 Å². The highest BCUT2D eigenvalue weighted by atomic mass is 16.4. The molecule has 0 spiro atoms. The Bertz CT molecular complexity index is 842. The third kappa shape index (κ3) is 3.61. The number of nitrogens with one attached hydrogen (secondary N) is 1. The molecule has 26 heavy (non-hydrogen) atoms. The molecule has 3 rings (SSSR count). The number of carboxylic acids is 1. The van der Waals surface area contributed by atoms with Gasteiger partial charge in [-0.05, 0) is 30.2 Å². The average Bonchev–Trinajstić information content (AvgIpc) is 3.26. The summed E-state index contributed by atoms with van der Waals surface area (Å²) in [6, 6.07) is 10.5. The Balaban J connectivity index is 1.62. The van der Waals surface area contributed by atoms with E-state index in [0.29, 0.717) is 12.3 Å². The van der Waals surface area contributed by atoms with Gasteiger partial charge in [-0.3, -0.25) is 9.59 Å². The first kappa shape index (κ1) is 17.7. The van der Waals surface area contributed by atoms with E-state index < -0.39 is 11.9 Å². The Morgan fingerprint density at radius 1 is 1.27 bits per heavy atom. The highest BCUT2D eigenvalue weighted by Crippen LogP contribution is 2.28. The van der Waals surface area contributed by atoms with Gasteiger partial charge in [0.15, 0.2) is 0 Å². The summed E-state index contributed by atoms with van der Waals surface area (Å²) in [5.74, 6) is -1.74. The third-order valence-corrected chi connectivity index (χ3v) is 4.47. The molecular formula is C19H20N2O5. The minimum Gasteiger partial charge on any atom is -0.475 e. The van der Waals surface area contributed by atoms with Crippen LogP contribution in [-0.4, -0.2) is 29.4 Å². The van der Waals surface area contributed by atoms with E-state index in [1.54, 1.807) is 4.90 Å². The molecule has 2 aromatic rings. The monoisotopic (exact) mass is 356 g/mol. The first-order valence-corrected chi connectivity index (χ1v) is 8.47. The molecule has 1 aromatic carbocycles. The summed E-state index contributed by atoms with van der Waals surface area (Å²) in [7, 11) is 0. The second-order valence-electron chi connectivity index (χ2n) is 6.18. The van der Waals surface area contributed by atoms with Crippen molar-refractivity contribution in [1.29, 1.82) is 0 Å². The van der Waals surface area contributed by atoms with Crippen molar-refractivity contribution >= 4 is 23.5 Å². The zero-order valence-electron chi connectivity index (χ0n) is 14.4. The predicted octanol–water partition coefficient (Wildman–Crippen LogP) is 2.21. The molecule has 1 atom stereocenters. The van der Waals surface area contributed by atoms with Crippen LogP contribution in [0.15, 0.2) is 40.8 Å². The molecule has 7 heteroatoms. The highest BCUT2D eigenvalue weighted by Gasteiger charge is 2.35. The van der Waals surface area contributed by atoms with Crippen LogP contribution in [0.1, 0.15) is 35.2 Å². The van der Waals surface area contributed by atoms with E-state index in [1.165, 1.54) is 12.1 Å². The van der Waals surface area contributed by atoms with Crippen LogP contribution in [0, 0.1) is 5.92 Å². The van der Waals surface area contributed by atoms with E-state index in [1.807, 2.05) is 31.2 Å². The molecule has 2 amide bonds. The number of nitrogens with zero attached hydrogens (tertiary/aromatic N) is 1. The van der Waals surface area contributed by atoms with Crippen molar-refractivity contribution in [3.05, 3.63) is 53.5 Å². The van der Waals surface area contributed by atoms with Gasteiger partial charge in [-0.1, -0.05) is 25.1 Å². The zero-order valence-corrected chi connectivity index (χ0v) is 14.4. The summed E-state index contributed by atoms with van der Waals surface area (Å²) in [5.41, 5.74) is 1.92. The number of carbonyl (C=O) groups is 3. The topological polar surface area (TPSA) is 99.8 Å². The number of hydrogen-bond acceptors (Lipinski definition) is 4. The summed E-state index contributed by atoms with van der Waals surface area (Å²) < 4.78 is 5.11. The van der Waals surface area contributed by atoms with Gasteiger partial charge in [0, 0.05) is 18.7 Å². The maximum atomic E-state index is 12.4. The largest absolute Gasteiger partial charge is 0.475 e. The molecule has 2 N–H and O–H groups in total. The highest BCUT2D eigenvalue weighted by molar-refractivity contribution is 6.00. The molecule has 1 aliphatic heterocycles. The third-order valence-electron chi connectivity index (χ3n) is 4.47. The summed E-state index contributed by atoms with van der Waals surface area (Å²) in [6.45, 7) is 2.45. The lowest BCUT2D eigenvalue weighted by Crippen LogP contribution is -2.32. The number of amides is 2. The lowest BCUT2D eigenvalue weighted by atomic mass is 10.1. The van der Waals surface area contributed by atoms with E-state index in [4.69, 9.17) is 9.52 Å². The Morgan fingerprint density at radius 2 is 2.04 bits per heavy atom. The minimum absolute atomic E-state index is 0.0720. The smallest absolute Gasteiger partial charge is 0.371 e. The van der Waals surface area contributed by atoms with E-state index in [-0.39, 0.29) is 30.5 Å². The van der Waals surface area contributed by atoms with Crippen molar-refractivity contribution in [2.75, 3.05) is 11.4 Å². The van der Waals surface area contributed by atoms with E-state index >= 15 is 0 Å². The summed E-state index contributed by atoms with van der Waals surface area (Å²) in [6.07, 6.45) is 0.962. The first-order valence-electron chi connectivity index (χ1n) is 8.47. The van der Waals surface area contributed by atoms with Crippen molar-refractivity contribution in [2.45, 2.75) is 26.3 Å². The normalized spacial score (nSPS) is 16.7. The van der Waals surface area contributed by atoms with Gasteiger partial charge >= 0.3 is 5.97 Å². The lowest BCUT2D eigenvalue weighted by Gasteiger charge is -2.19. The molecule has 1 aliphatic rings. The summed E-state index contributed by atoms with van der Waals surface area (Å²) in [4.78, 5) is 37.2. The predicted molar refractivity (Wildman–Crippen MR) is 93.8 cm³/mol. The quantitative estimate of drug-likeness (QED) is 0.827. The lowest BCUT2D eigenvalue weighted by molar-refractivity contribution is -0.126. The number of hydrogen-bond donors (Lipinski definition) is 2. The van der Waals surface area contributed by atoms with Crippen molar-refractivity contribution in [1.82, 2.24) is 5.32 Å². The number of para-hydroxylation sites is 1. The molecule has 136 valence electrons. The number of carboxylic acid groups (broad SMARTS) is 1. The van der Waals surface area contributed by atoms with Gasteiger partial charge in [-0.2, -0.15) is 0 Å². The zero-order chi connectivity index (χ0) is 18.7. The van der Waals surface area contributed by atoms with Gasteiger partial charge in [-0.15, -0.1) is 0 Å². The molecule has 1 fully saturated rings. The van der Waals surface area contributed by atoms with Crippen molar-refractivity contribution in [2.24, 2.45) is 5.92 Å². The van der Waals surface area contributed by atoms with Gasteiger partial charge in [0.2, 0.25) is 17.6 Å². The number of benzene rings is 1. The van der Waals surface area contributed by atoms with Crippen LogP contribution in [-0.2, 0) is 22.6 Å². The van der Waals surface area contributed by atoms with Crippen molar-refractivity contribution in [3.63, 3.8) is 0 Å². The number of anilines is 1. The Labute approximate surface area is 150 Å². The Hall–Kier alpha value is -3.09. The second-order valence-corrected chi connectivity index (χ2v) is 6.18. The van der Waals surface area contributed by atoms with Crippen LogP contribution < -0.4 is 10.2 Å². The van der Waals surface area contributed by atoms with Crippen LogP contribution in [0.4, 0.5) is 5.69 Å². The Kier molecular flexibility index (Phi) is 5.06. The molecule has 0 saturated carbocycles. The van der Waals surface area contributed by atoms with Crippen molar-refractivity contribution in [3.8, 4) is 0 Å². The molecule has 0 bridgehead atoms. The molecule has 1 saturated heterocycles. The fourth-order valence-electron chi connectivity index (χ4n) is 3.10. The maximum absolute atomic E-state index is 12.4. The molecule has 0 unspecified atom stereocenters. The fourth-order valence-corrected chi connectivity index (χ4v) is 3.10. The average molecular weight is 356 g/mol. The van der Waals surface area contributed by atoms with Gasteiger partial charge < -0.3 is 19.7 Å². The van der Waals surface area contributed by atoms with Crippen LogP contribution in [0.3, 0.4) is 0 Å². The number of aryl methyl sites for hydroxylation is 1.